The first-order valence-corrected chi connectivity index (χ1v) is 5.48. The maximum absolute atomic E-state index is 12.9. The van der Waals surface area contributed by atoms with E-state index in [1.807, 2.05) is 13.8 Å². The summed E-state index contributed by atoms with van der Waals surface area (Å²) in [5.74, 6) is 0.170. The van der Waals surface area contributed by atoms with Gasteiger partial charge in [0.2, 0.25) is 11.8 Å². The van der Waals surface area contributed by atoms with Crippen molar-refractivity contribution in [3.8, 4) is 5.88 Å². The molecule has 90 valence electrons. The zero-order chi connectivity index (χ0) is 12.5. The molecule has 3 nitrogen and oxygen atoms in total. The summed E-state index contributed by atoms with van der Waals surface area (Å²) in [6, 6.07) is 4.33. The number of nitrogens with zero attached hydrogens (tertiary/aromatic N) is 1. The van der Waals surface area contributed by atoms with Crippen LogP contribution in [0.4, 0.5) is 4.39 Å². The molecule has 0 saturated heterocycles. The Hall–Kier alpha value is -1.71. The molecule has 0 aliphatic heterocycles. The fourth-order valence-corrected chi connectivity index (χ4v) is 1.93. The Morgan fingerprint density at radius 1 is 1.35 bits per heavy atom. The predicted octanol–water partition coefficient (Wildman–Crippen LogP) is 2.87. The van der Waals surface area contributed by atoms with Crippen molar-refractivity contribution in [3.63, 3.8) is 0 Å². The van der Waals surface area contributed by atoms with Crippen LogP contribution in [0.25, 0.3) is 0 Å². The van der Waals surface area contributed by atoms with E-state index in [1.165, 1.54) is 18.2 Å². The number of carbonyl (C=O) groups is 1. The molecule has 0 radical (unpaired) electrons. The molecule has 0 amide bonds. The van der Waals surface area contributed by atoms with Crippen LogP contribution in [0.2, 0.25) is 0 Å². The summed E-state index contributed by atoms with van der Waals surface area (Å²) in [6.07, 6.45) is 2.63. The molecule has 0 aromatic carbocycles. The SMILES string of the molecule is CC1(C)CC(=O)C=C(Oc2cccc(F)n2)C1. The van der Waals surface area contributed by atoms with E-state index < -0.39 is 5.95 Å². The minimum absolute atomic E-state index is 0.0349. The Morgan fingerprint density at radius 3 is 2.76 bits per heavy atom. The molecule has 2 rings (SSSR count). The quantitative estimate of drug-likeness (QED) is 0.740. The summed E-state index contributed by atoms with van der Waals surface area (Å²) in [4.78, 5) is 15.1. The second kappa shape index (κ2) is 4.28. The maximum Gasteiger partial charge on any atom is 0.221 e. The largest absolute Gasteiger partial charge is 0.443 e. The standard InChI is InChI=1S/C13H14FNO2/c1-13(2)7-9(16)6-10(8-13)17-12-5-3-4-11(14)15-12/h3-6H,7-8H2,1-2H3. The lowest BCUT2D eigenvalue weighted by Crippen LogP contribution is -2.23. The molecule has 0 fully saturated rings. The van der Waals surface area contributed by atoms with Gasteiger partial charge in [0.25, 0.3) is 0 Å². The lowest BCUT2D eigenvalue weighted by atomic mass is 9.79. The zero-order valence-corrected chi connectivity index (χ0v) is 9.87. The van der Waals surface area contributed by atoms with Gasteiger partial charge in [-0.1, -0.05) is 19.9 Å². The third-order valence-electron chi connectivity index (χ3n) is 2.55. The van der Waals surface area contributed by atoms with Crippen LogP contribution >= 0.6 is 0 Å². The number of hydrogen-bond acceptors (Lipinski definition) is 3. The minimum Gasteiger partial charge on any atom is -0.443 e. The second-order valence-corrected chi connectivity index (χ2v) is 5.00. The molecule has 0 spiro atoms. The highest BCUT2D eigenvalue weighted by Crippen LogP contribution is 2.34. The molecule has 0 bridgehead atoms. The first-order chi connectivity index (χ1) is 7.94. The molecule has 17 heavy (non-hydrogen) atoms. The molecule has 0 unspecified atom stereocenters. The van der Waals surface area contributed by atoms with Gasteiger partial charge in [-0.3, -0.25) is 4.79 Å². The number of hydrogen-bond donors (Lipinski definition) is 0. The average Bonchev–Trinajstić information content (AvgIpc) is 2.13. The van der Waals surface area contributed by atoms with Crippen molar-refractivity contribution in [2.45, 2.75) is 26.7 Å². The topological polar surface area (TPSA) is 39.2 Å². The van der Waals surface area contributed by atoms with Gasteiger partial charge in [0.15, 0.2) is 5.78 Å². The van der Waals surface area contributed by atoms with Crippen LogP contribution in [0.1, 0.15) is 26.7 Å². The van der Waals surface area contributed by atoms with Gasteiger partial charge < -0.3 is 4.74 Å². The molecule has 1 aliphatic carbocycles. The molecule has 0 N–H and O–H groups in total. The maximum atomic E-state index is 12.9. The summed E-state index contributed by atoms with van der Waals surface area (Å²) in [6.45, 7) is 4.00. The Kier molecular flexibility index (Phi) is 2.96. The zero-order valence-electron chi connectivity index (χ0n) is 9.87. The summed E-state index contributed by atoms with van der Waals surface area (Å²) >= 11 is 0. The number of aromatic nitrogens is 1. The first kappa shape index (κ1) is 11.8. The van der Waals surface area contributed by atoms with E-state index in [4.69, 9.17) is 4.74 Å². The molecule has 0 saturated carbocycles. The van der Waals surface area contributed by atoms with Crippen LogP contribution in [0.3, 0.4) is 0 Å². The van der Waals surface area contributed by atoms with E-state index in [1.54, 1.807) is 6.07 Å². The van der Waals surface area contributed by atoms with E-state index in [2.05, 4.69) is 4.98 Å². The molecule has 1 aromatic rings. The van der Waals surface area contributed by atoms with Crippen molar-refractivity contribution in [1.29, 1.82) is 0 Å². The lowest BCUT2D eigenvalue weighted by molar-refractivity contribution is -0.117. The van der Waals surface area contributed by atoms with Gasteiger partial charge in [0, 0.05) is 25.0 Å². The third kappa shape index (κ3) is 3.12. The highest BCUT2D eigenvalue weighted by atomic mass is 19.1. The van der Waals surface area contributed by atoms with Gasteiger partial charge in [-0.15, -0.1) is 0 Å². The molecule has 1 aromatic heterocycles. The highest BCUT2D eigenvalue weighted by molar-refractivity contribution is 5.91. The Bertz CT molecular complexity index is 480. The van der Waals surface area contributed by atoms with Crippen molar-refractivity contribution in [2.75, 3.05) is 0 Å². The third-order valence-corrected chi connectivity index (χ3v) is 2.55. The normalized spacial score (nSPS) is 18.8. The van der Waals surface area contributed by atoms with Gasteiger partial charge >= 0.3 is 0 Å². The molecule has 0 atom stereocenters. The average molecular weight is 235 g/mol. The van der Waals surface area contributed by atoms with Crippen LogP contribution in [0.15, 0.2) is 30.0 Å². The molecule has 1 heterocycles. The summed E-state index contributed by atoms with van der Waals surface area (Å²) in [5, 5.41) is 0. The fraction of sp³-hybridized carbons (Fsp3) is 0.385. The van der Waals surface area contributed by atoms with Crippen LogP contribution in [0.5, 0.6) is 5.88 Å². The molecular formula is C13H14FNO2. The Balaban J connectivity index is 2.16. The van der Waals surface area contributed by atoms with Gasteiger partial charge in [0.05, 0.1) is 0 Å². The van der Waals surface area contributed by atoms with Gasteiger partial charge in [-0.2, -0.15) is 9.37 Å². The van der Waals surface area contributed by atoms with Crippen molar-refractivity contribution in [2.24, 2.45) is 5.41 Å². The monoisotopic (exact) mass is 235 g/mol. The van der Waals surface area contributed by atoms with Crippen molar-refractivity contribution in [3.05, 3.63) is 36.0 Å². The predicted molar refractivity (Wildman–Crippen MR) is 60.9 cm³/mol. The Labute approximate surface area is 99.3 Å². The van der Waals surface area contributed by atoms with Crippen molar-refractivity contribution >= 4 is 5.78 Å². The van der Waals surface area contributed by atoms with E-state index in [-0.39, 0.29) is 17.1 Å². The minimum atomic E-state index is -0.593. The number of rotatable bonds is 2. The summed E-state index contributed by atoms with van der Waals surface area (Å²) < 4.78 is 18.3. The highest BCUT2D eigenvalue weighted by Gasteiger charge is 2.28. The number of ether oxygens (including phenoxy) is 1. The number of carbonyl (C=O) groups excluding carboxylic acids is 1. The van der Waals surface area contributed by atoms with Crippen molar-refractivity contribution in [1.82, 2.24) is 4.98 Å². The van der Waals surface area contributed by atoms with E-state index in [9.17, 15) is 9.18 Å². The summed E-state index contributed by atoms with van der Waals surface area (Å²) in [7, 11) is 0. The molecular weight excluding hydrogens is 221 g/mol. The number of allylic oxidation sites excluding steroid dienone is 2. The number of halogens is 1. The van der Waals surface area contributed by atoms with E-state index >= 15 is 0 Å². The van der Waals surface area contributed by atoms with Gasteiger partial charge in [-0.25, -0.2) is 0 Å². The van der Waals surface area contributed by atoms with Crippen LogP contribution in [0, 0.1) is 11.4 Å². The van der Waals surface area contributed by atoms with Gasteiger partial charge in [-0.05, 0) is 11.5 Å². The Morgan fingerprint density at radius 2 is 2.12 bits per heavy atom. The summed E-state index contributed by atoms with van der Waals surface area (Å²) in [5.41, 5.74) is -0.117. The number of pyridine rings is 1. The van der Waals surface area contributed by atoms with Crippen LogP contribution in [-0.2, 0) is 4.79 Å². The van der Waals surface area contributed by atoms with Crippen molar-refractivity contribution < 1.29 is 13.9 Å². The molecule has 1 aliphatic rings. The van der Waals surface area contributed by atoms with Crippen LogP contribution < -0.4 is 4.74 Å². The fourth-order valence-electron chi connectivity index (χ4n) is 1.93. The number of ketones is 1. The lowest BCUT2D eigenvalue weighted by Gasteiger charge is -2.28. The smallest absolute Gasteiger partial charge is 0.221 e. The van der Waals surface area contributed by atoms with E-state index in [0.29, 0.717) is 18.6 Å². The first-order valence-electron chi connectivity index (χ1n) is 5.48. The molecule has 4 heteroatoms. The van der Waals surface area contributed by atoms with E-state index in [0.717, 1.165) is 0 Å². The van der Waals surface area contributed by atoms with Gasteiger partial charge in [0.1, 0.15) is 5.76 Å². The second-order valence-electron chi connectivity index (χ2n) is 5.00. The van der Waals surface area contributed by atoms with Crippen LogP contribution in [-0.4, -0.2) is 10.8 Å².